The highest BCUT2D eigenvalue weighted by Crippen LogP contribution is 2.32. The molecular formula is C18H23ClN4O3. The van der Waals surface area contributed by atoms with Crippen LogP contribution < -0.4 is 5.32 Å². The van der Waals surface area contributed by atoms with Gasteiger partial charge in [-0.3, -0.25) is 0 Å². The van der Waals surface area contributed by atoms with Crippen LogP contribution in [0.15, 0.2) is 22.7 Å². The van der Waals surface area contributed by atoms with Gasteiger partial charge in [-0.15, -0.1) is 0 Å². The average Bonchev–Trinajstić information content (AvgIpc) is 3.12. The molecule has 2 aromatic rings. The Morgan fingerprint density at radius 3 is 3.08 bits per heavy atom. The number of urea groups is 1. The van der Waals surface area contributed by atoms with Crippen LogP contribution in [0, 0.1) is 6.92 Å². The molecule has 1 aliphatic heterocycles. The first-order chi connectivity index (χ1) is 12.6. The van der Waals surface area contributed by atoms with E-state index in [1.165, 1.54) is 0 Å². The predicted molar refractivity (Wildman–Crippen MR) is 98.4 cm³/mol. The third kappa shape index (κ3) is 4.16. The highest BCUT2D eigenvalue weighted by Gasteiger charge is 2.32. The normalized spacial score (nSPS) is 17.3. The minimum absolute atomic E-state index is 0.206. The Morgan fingerprint density at radius 1 is 1.46 bits per heavy atom. The van der Waals surface area contributed by atoms with Crippen LogP contribution >= 0.6 is 11.6 Å². The van der Waals surface area contributed by atoms with Crippen molar-refractivity contribution in [3.63, 3.8) is 0 Å². The number of benzene rings is 1. The summed E-state index contributed by atoms with van der Waals surface area (Å²) in [4.78, 5) is 19.1. The number of halogens is 1. The van der Waals surface area contributed by atoms with Crippen molar-refractivity contribution >= 4 is 23.3 Å². The smallest absolute Gasteiger partial charge is 0.322 e. The summed E-state index contributed by atoms with van der Waals surface area (Å²) in [7, 11) is 1.63. The summed E-state index contributed by atoms with van der Waals surface area (Å²) in [6, 6.07) is 5.10. The number of likely N-dealkylation sites (tertiary alicyclic amines) is 1. The number of para-hydroxylation sites is 1. The molecule has 8 heteroatoms. The maximum atomic E-state index is 12.9. The largest absolute Gasteiger partial charge is 0.384 e. The summed E-state index contributed by atoms with van der Waals surface area (Å²) in [5, 5.41) is 7.44. The number of aromatic nitrogens is 2. The fraction of sp³-hybridized carbons (Fsp3) is 0.500. The SMILES string of the molecule is COCCc1noc([C@@H]2CCCCN2C(=O)Nc2c(C)cccc2Cl)n1. The average molecular weight is 379 g/mol. The van der Waals surface area contributed by atoms with Gasteiger partial charge in [-0.1, -0.05) is 28.9 Å². The van der Waals surface area contributed by atoms with Crippen LogP contribution in [0.2, 0.25) is 5.02 Å². The van der Waals surface area contributed by atoms with Crippen LogP contribution in [0.5, 0.6) is 0 Å². The number of nitrogens with zero attached hydrogens (tertiary/aromatic N) is 3. The fourth-order valence-electron chi connectivity index (χ4n) is 3.10. The number of carbonyl (C=O) groups excluding carboxylic acids is 1. The maximum absolute atomic E-state index is 12.9. The van der Waals surface area contributed by atoms with Gasteiger partial charge >= 0.3 is 6.03 Å². The highest BCUT2D eigenvalue weighted by atomic mass is 35.5. The van der Waals surface area contributed by atoms with Gasteiger partial charge in [-0.25, -0.2) is 4.79 Å². The summed E-state index contributed by atoms with van der Waals surface area (Å²) in [5.74, 6) is 1.07. The van der Waals surface area contributed by atoms with Crippen LogP contribution in [-0.2, 0) is 11.2 Å². The van der Waals surface area contributed by atoms with E-state index in [0.717, 1.165) is 24.8 Å². The summed E-state index contributed by atoms with van der Waals surface area (Å²) < 4.78 is 10.5. The van der Waals surface area contributed by atoms with Gasteiger partial charge in [0.05, 0.1) is 17.3 Å². The van der Waals surface area contributed by atoms with E-state index in [1.807, 2.05) is 19.1 Å². The number of rotatable bonds is 5. The van der Waals surface area contributed by atoms with Crippen molar-refractivity contribution < 1.29 is 14.1 Å². The summed E-state index contributed by atoms with van der Waals surface area (Å²) >= 11 is 6.23. The number of hydrogen-bond acceptors (Lipinski definition) is 5. The molecule has 1 atom stereocenters. The fourth-order valence-corrected chi connectivity index (χ4v) is 3.37. The minimum Gasteiger partial charge on any atom is -0.384 e. The molecule has 7 nitrogen and oxygen atoms in total. The molecule has 1 aromatic carbocycles. The number of carbonyl (C=O) groups is 1. The molecule has 0 spiro atoms. The Kier molecular flexibility index (Phi) is 6.11. The van der Waals surface area contributed by atoms with Gasteiger partial charge < -0.3 is 19.5 Å². The number of aryl methyl sites for hydroxylation is 1. The van der Waals surface area contributed by atoms with Crippen molar-refractivity contribution in [1.82, 2.24) is 15.0 Å². The van der Waals surface area contributed by atoms with Crippen molar-refractivity contribution in [3.8, 4) is 0 Å². The second-order valence-corrected chi connectivity index (χ2v) is 6.77. The van der Waals surface area contributed by atoms with Crippen molar-refractivity contribution in [2.75, 3.05) is 25.6 Å². The lowest BCUT2D eigenvalue weighted by molar-refractivity contribution is 0.142. The van der Waals surface area contributed by atoms with Crippen molar-refractivity contribution in [1.29, 1.82) is 0 Å². The molecule has 26 heavy (non-hydrogen) atoms. The molecule has 2 amide bonds. The summed E-state index contributed by atoms with van der Waals surface area (Å²) in [6.45, 7) is 3.07. The number of methoxy groups -OCH3 is 1. The number of hydrogen-bond donors (Lipinski definition) is 1. The minimum atomic E-state index is -0.227. The molecule has 0 radical (unpaired) electrons. The van der Waals surface area contributed by atoms with E-state index in [9.17, 15) is 4.79 Å². The molecular weight excluding hydrogens is 356 g/mol. The Morgan fingerprint density at radius 2 is 2.31 bits per heavy atom. The van der Waals surface area contributed by atoms with Gasteiger partial charge in [0.25, 0.3) is 0 Å². The van der Waals surface area contributed by atoms with Gasteiger partial charge in [0.2, 0.25) is 5.89 Å². The van der Waals surface area contributed by atoms with Gasteiger partial charge in [0, 0.05) is 20.1 Å². The number of piperidine rings is 1. The van der Waals surface area contributed by atoms with E-state index in [1.54, 1.807) is 18.1 Å². The Balaban J connectivity index is 1.76. The molecule has 1 fully saturated rings. The topological polar surface area (TPSA) is 80.5 Å². The lowest BCUT2D eigenvalue weighted by Gasteiger charge is -2.33. The first-order valence-corrected chi connectivity index (χ1v) is 9.12. The van der Waals surface area contributed by atoms with Crippen LogP contribution in [0.4, 0.5) is 10.5 Å². The van der Waals surface area contributed by atoms with Crippen LogP contribution in [0.3, 0.4) is 0 Å². The van der Waals surface area contributed by atoms with Crippen LogP contribution in [0.1, 0.15) is 42.6 Å². The van der Waals surface area contributed by atoms with Crippen molar-refractivity contribution in [3.05, 3.63) is 40.5 Å². The third-order valence-corrected chi connectivity index (χ3v) is 4.83. The van der Waals surface area contributed by atoms with Gasteiger partial charge in [-0.2, -0.15) is 4.98 Å². The monoisotopic (exact) mass is 378 g/mol. The Bertz CT molecular complexity index is 744. The Hall–Kier alpha value is -2.12. The van der Waals surface area contributed by atoms with E-state index < -0.39 is 0 Å². The number of anilines is 1. The number of amides is 2. The zero-order chi connectivity index (χ0) is 18.5. The first-order valence-electron chi connectivity index (χ1n) is 8.74. The first kappa shape index (κ1) is 18.7. The molecule has 140 valence electrons. The predicted octanol–water partition coefficient (Wildman–Crippen LogP) is 3.98. The number of nitrogens with one attached hydrogen (secondary N) is 1. The van der Waals surface area contributed by atoms with E-state index in [2.05, 4.69) is 15.5 Å². The third-order valence-electron chi connectivity index (χ3n) is 4.52. The van der Waals surface area contributed by atoms with Crippen LogP contribution in [-0.4, -0.2) is 41.3 Å². The molecule has 1 N–H and O–H groups in total. The molecule has 1 aliphatic rings. The summed E-state index contributed by atoms with van der Waals surface area (Å²) in [6.07, 6.45) is 3.32. The molecule has 2 heterocycles. The maximum Gasteiger partial charge on any atom is 0.322 e. The molecule has 1 aromatic heterocycles. The molecule has 0 unspecified atom stereocenters. The quantitative estimate of drug-likeness (QED) is 0.851. The van der Waals surface area contributed by atoms with Gasteiger partial charge in [0.15, 0.2) is 5.82 Å². The number of ether oxygens (including phenoxy) is 1. The molecule has 0 aliphatic carbocycles. The molecule has 3 rings (SSSR count). The van der Waals surface area contributed by atoms with Crippen LogP contribution in [0.25, 0.3) is 0 Å². The van der Waals surface area contributed by atoms with Crippen molar-refractivity contribution in [2.24, 2.45) is 0 Å². The zero-order valence-electron chi connectivity index (χ0n) is 15.0. The standard InChI is InChI=1S/C18H23ClN4O3/c1-12-6-5-7-13(19)16(12)21-18(24)23-10-4-3-8-14(23)17-20-15(22-26-17)9-11-25-2/h5-7,14H,3-4,8-11H2,1-2H3,(H,21,24)/t14-/m0/s1. The van der Waals surface area contributed by atoms with Crippen molar-refractivity contribution in [2.45, 2.75) is 38.6 Å². The highest BCUT2D eigenvalue weighted by molar-refractivity contribution is 6.33. The lowest BCUT2D eigenvalue weighted by atomic mass is 10.0. The second kappa shape index (κ2) is 8.51. The van der Waals surface area contributed by atoms with E-state index in [0.29, 0.717) is 42.0 Å². The second-order valence-electron chi connectivity index (χ2n) is 6.36. The van der Waals surface area contributed by atoms with E-state index >= 15 is 0 Å². The Labute approximate surface area is 157 Å². The van der Waals surface area contributed by atoms with E-state index in [4.69, 9.17) is 20.9 Å². The summed E-state index contributed by atoms with van der Waals surface area (Å²) in [5.41, 5.74) is 1.55. The molecule has 0 saturated carbocycles. The molecule has 1 saturated heterocycles. The van der Waals surface area contributed by atoms with Gasteiger partial charge in [0.1, 0.15) is 6.04 Å². The lowest BCUT2D eigenvalue weighted by Crippen LogP contribution is -2.41. The van der Waals surface area contributed by atoms with Gasteiger partial charge in [-0.05, 0) is 37.8 Å². The van der Waals surface area contributed by atoms with E-state index in [-0.39, 0.29) is 12.1 Å². The molecule has 0 bridgehead atoms. The zero-order valence-corrected chi connectivity index (χ0v) is 15.8.